The Kier molecular flexibility index (Phi) is 5.52. The van der Waals surface area contributed by atoms with Gasteiger partial charge in [0.25, 0.3) is 0 Å². The average Bonchev–Trinajstić information content (AvgIpc) is 2.49. The highest BCUT2D eigenvalue weighted by molar-refractivity contribution is 5.89. The number of benzene rings is 1. The van der Waals surface area contributed by atoms with Gasteiger partial charge in [0, 0.05) is 31.4 Å². The van der Waals surface area contributed by atoms with E-state index < -0.39 is 0 Å². The number of hydrogen-bond donors (Lipinski definition) is 2. The molecule has 1 heterocycles. The Morgan fingerprint density at radius 3 is 2.81 bits per heavy atom. The zero-order valence-electron chi connectivity index (χ0n) is 12.5. The number of halogens is 1. The molecular weight excluding hydrogens is 273 g/mol. The molecule has 6 heteroatoms. The third-order valence-corrected chi connectivity index (χ3v) is 3.66. The molecule has 116 valence electrons. The molecular formula is C15H22FN3O2. The highest BCUT2D eigenvalue weighted by Gasteiger charge is 2.17. The molecule has 1 atom stereocenters. The summed E-state index contributed by atoms with van der Waals surface area (Å²) in [7, 11) is 0. The van der Waals surface area contributed by atoms with Crippen molar-refractivity contribution in [3.05, 3.63) is 29.6 Å². The third-order valence-electron chi connectivity index (χ3n) is 3.66. The molecule has 2 rings (SSSR count). The van der Waals surface area contributed by atoms with Crippen LogP contribution in [0.3, 0.4) is 0 Å². The molecule has 2 N–H and O–H groups in total. The summed E-state index contributed by atoms with van der Waals surface area (Å²) in [5, 5.41) is 5.44. The van der Waals surface area contributed by atoms with Gasteiger partial charge >= 0.3 is 6.03 Å². The van der Waals surface area contributed by atoms with E-state index >= 15 is 0 Å². The quantitative estimate of drug-likeness (QED) is 0.893. The minimum atomic E-state index is -0.325. The Balaban J connectivity index is 1.77. The number of carbonyl (C=O) groups excluding carboxylic acids is 1. The number of rotatable bonds is 4. The van der Waals surface area contributed by atoms with Crippen LogP contribution in [-0.4, -0.2) is 49.8 Å². The van der Waals surface area contributed by atoms with Crippen LogP contribution in [-0.2, 0) is 4.74 Å². The molecule has 1 aromatic carbocycles. The van der Waals surface area contributed by atoms with Gasteiger partial charge in [0.2, 0.25) is 0 Å². The first kappa shape index (κ1) is 15.7. The van der Waals surface area contributed by atoms with Crippen LogP contribution in [0.15, 0.2) is 18.2 Å². The Labute approximate surface area is 124 Å². The lowest BCUT2D eigenvalue weighted by atomic mass is 10.2. The Morgan fingerprint density at radius 1 is 1.43 bits per heavy atom. The number of nitrogens with one attached hydrogen (secondary N) is 2. The number of carbonyl (C=O) groups is 1. The fourth-order valence-corrected chi connectivity index (χ4v) is 2.23. The summed E-state index contributed by atoms with van der Waals surface area (Å²) >= 11 is 0. The van der Waals surface area contributed by atoms with Gasteiger partial charge in [-0.15, -0.1) is 0 Å². The smallest absolute Gasteiger partial charge is 0.319 e. The molecule has 0 spiro atoms. The molecule has 5 nitrogen and oxygen atoms in total. The topological polar surface area (TPSA) is 53.6 Å². The Bertz CT molecular complexity index is 490. The lowest BCUT2D eigenvalue weighted by Crippen LogP contribution is -2.47. The summed E-state index contributed by atoms with van der Waals surface area (Å²) < 4.78 is 18.7. The van der Waals surface area contributed by atoms with Crippen LogP contribution in [0.1, 0.15) is 12.5 Å². The third kappa shape index (κ3) is 4.68. The number of ether oxygens (including phenoxy) is 1. The van der Waals surface area contributed by atoms with Crippen molar-refractivity contribution in [3.8, 4) is 0 Å². The first-order valence-corrected chi connectivity index (χ1v) is 7.19. The minimum absolute atomic E-state index is 0.245. The van der Waals surface area contributed by atoms with Crippen molar-refractivity contribution in [2.24, 2.45) is 0 Å². The maximum atomic E-state index is 13.4. The minimum Gasteiger partial charge on any atom is -0.379 e. The van der Waals surface area contributed by atoms with Gasteiger partial charge in [0.15, 0.2) is 0 Å². The molecule has 1 aliphatic heterocycles. The molecule has 0 aromatic heterocycles. The lowest BCUT2D eigenvalue weighted by molar-refractivity contribution is 0.0209. The van der Waals surface area contributed by atoms with Crippen molar-refractivity contribution in [3.63, 3.8) is 0 Å². The number of hydrogen-bond acceptors (Lipinski definition) is 3. The predicted octanol–water partition coefficient (Wildman–Crippen LogP) is 1.98. The molecule has 0 radical (unpaired) electrons. The van der Waals surface area contributed by atoms with Crippen molar-refractivity contribution in [1.29, 1.82) is 0 Å². The average molecular weight is 295 g/mol. The number of morpholine rings is 1. The van der Waals surface area contributed by atoms with E-state index in [-0.39, 0.29) is 17.9 Å². The van der Waals surface area contributed by atoms with Gasteiger partial charge in [-0.2, -0.15) is 0 Å². The van der Waals surface area contributed by atoms with Crippen molar-refractivity contribution in [1.82, 2.24) is 10.2 Å². The second-order valence-corrected chi connectivity index (χ2v) is 5.30. The van der Waals surface area contributed by atoms with E-state index in [0.717, 1.165) is 26.3 Å². The highest BCUT2D eigenvalue weighted by atomic mass is 19.1. The normalized spacial score (nSPS) is 17.3. The second kappa shape index (κ2) is 7.38. The second-order valence-electron chi connectivity index (χ2n) is 5.30. The summed E-state index contributed by atoms with van der Waals surface area (Å²) in [5.74, 6) is -0.325. The zero-order valence-corrected chi connectivity index (χ0v) is 12.5. The monoisotopic (exact) mass is 295 g/mol. The summed E-state index contributed by atoms with van der Waals surface area (Å²) in [6.07, 6.45) is 0. The van der Waals surface area contributed by atoms with Gasteiger partial charge in [-0.3, -0.25) is 4.90 Å². The molecule has 1 fully saturated rings. The van der Waals surface area contributed by atoms with E-state index in [4.69, 9.17) is 4.74 Å². The molecule has 0 saturated carbocycles. The molecule has 1 unspecified atom stereocenters. The molecule has 0 bridgehead atoms. The lowest BCUT2D eigenvalue weighted by Gasteiger charge is -2.32. The first-order valence-electron chi connectivity index (χ1n) is 7.19. The Morgan fingerprint density at radius 2 is 2.14 bits per heavy atom. The number of amides is 2. The predicted molar refractivity (Wildman–Crippen MR) is 80.0 cm³/mol. The van der Waals surface area contributed by atoms with Crippen LogP contribution < -0.4 is 10.6 Å². The highest BCUT2D eigenvalue weighted by Crippen LogP contribution is 2.13. The van der Waals surface area contributed by atoms with Gasteiger partial charge in [0.1, 0.15) is 5.82 Å². The maximum Gasteiger partial charge on any atom is 0.319 e. The van der Waals surface area contributed by atoms with Crippen molar-refractivity contribution >= 4 is 11.7 Å². The summed E-state index contributed by atoms with van der Waals surface area (Å²) in [5.41, 5.74) is 1.01. The Hall–Kier alpha value is -1.66. The van der Waals surface area contributed by atoms with Gasteiger partial charge in [0.05, 0.1) is 13.2 Å². The number of anilines is 1. The van der Waals surface area contributed by atoms with Crippen LogP contribution >= 0.6 is 0 Å². The standard InChI is InChI=1S/C15H22FN3O2/c1-11-3-4-13(9-14(11)16)18-15(20)17-10-12(2)19-5-7-21-8-6-19/h3-4,9,12H,5-8,10H2,1-2H3,(H2,17,18,20). The SMILES string of the molecule is Cc1ccc(NC(=O)NCC(C)N2CCOCC2)cc1F. The number of urea groups is 1. The number of nitrogens with zero attached hydrogens (tertiary/aromatic N) is 1. The van der Waals surface area contributed by atoms with Gasteiger partial charge < -0.3 is 15.4 Å². The van der Waals surface area contributed by atoms with Crippen LogP contribution in [0, 0.1) is 12.7 Å². The zero-order chi connectivity index (χ0) is 15.2. The first-order chi connectivity index (χ1) is 10.1. The number of aryl methyl sites for hydroxylation is 1. The molecule has 0 aliphatic carbocycles. The summed E-state index contributed by atoms with van der Waals surface area (Å²) in [6, 6.07) is 4.57. The van der Waals surface area contributed by atoms with Crippen LogP contribution in [0.4, 0.5) is 14.9 Å². The fourth-order valence-electron chi connectivity index (χ4n) is 2.23. The molecule has 21 heavy (non-hydrogen) atoms. The van der Waals surface area contributed by atoms with Gasteiger partial charge in [-0.1, -0.05) is 6.07 Å². The summed E-state index contributed by atoms with van der Waals surface area (Å²) in [6.45, 7) is 7.53. The van der Waals surface area contributed by atoms with Crippen molar-refractivity contribution in [2.45, 2.75) is 19.9 Å². The van der Waals surface area contributed by atoms with E-state index in [1.165, 1.54) is 6.07 Å². The molecule has 1 aromatic rings. The summed E-state index contributed by atoms with van der Waals surface area (Å²) in [4.78, 5) is 14.1. The van der Waals surface area contributed by atoms with E-state index in [9.17, 15) is 9.18 Å². The van der Waals surface area contributed by atoms with E-state index in [1.54, 1.807) is 19.1 Å². The van der Waals surface area contributed by atoms with Crippen LogP contribution in [0.25, 0.3) is 0 Å². The van der Waals surface area contributed by atoms with Gasteiger partial charge in [-0.25, -0.2) is 9.18 Å². The molecule has 1 saturated heterocycles. The maximum absolute atomic E-state index is 13.4. The van der Waals surface area contributed by atoms with Crippen molar-refractivity contribution in [2.75, 3.05) is 38.2 Å². The van der Waals surface area contributed by atoms with Gasteiger partial charge in [-0.05, 0) is 31.5 Å². The van der Waals surface area contributed by atoms with E-state index in [0.29, 0.717) is 17.8 Å². The largest absolute Gasteiger partial charge is 0.379 e. The molecule has 1 aliphatic rings. The van der Waals surface area contributed by atoms with Crippen molar-refractivity contribution < 1.29 is 13.9 Å². The molecule has 2 amide bonds. The fraction of sp³-hybridized carbons (Fsp3) is 0.533. The van der Waals surface area contributed by atoms with Crippen LogP contribution in [0.5, 0.6) is 0 Å². The van der Waals surface area contributed by atoms with E-state index in [2.05, 4.69) is 22.5 Å². The van der Waals surface area contributed by atoms with E-state index in [1.807, 2.05) is 0 Å². The van der Waals surface area contributed by atoms with Crippen LogP contribution in [0.2, 0.25) is 0 Å².